The number of aromatic nitrogens is 5. The van der Waals surface area contributed by atoms with Crippen LogP contribution in [-0.4, -0.2) is 49.3 Å². The molecular formula is C28H36N6O3. The van der Waals surface area contributed by atoms with Crippen molar-refractivity contribution in [3.05, 3.63) is 75.2 Å². The summed E-state index contributed by atoms with van der Waals surface area (Å²) in [7, 11) is 0. The molecular weight excluding hydrogens is 468 g/mol. The van der Waals surface area contributed by atoms with Crippen molar-refractivity contribution in [3.8, 4) is 0 Å². The zero-order valence-corrected chi connectivity index (χ0v) is 22.3. The van der Waals surface area contributed by atoms with Gasteiger partial charge in [0.2, 0.25) is 0 Å². The standard InChI is InChI=1S/C28H36N6O3/c1-6-28(4,5)34-26(30-31-32-34)25(23-15-22-18(2)11-12-19(3)24(22)29-27(23)35)33(16-20-9-7-13-36-20)17-21-10-8-14-37-21/h7,9,11-13,15,21,25H,6,8,10,14,16-17H2,1-5H3,(H,29,35)/t21-,25-/m1/s1. The summed E-state index contributed by atoms with van der Waals surface area (Å²) in [5, 5.41) is 14.0. The third kappa shape index (κ3) is 4.98. The molecule has 0 spiro atoms. The smallest absolute Gasteiger partial charge is 0.253 e. The predicted octanol–water partition coefficient (Wildman–Crippen LogP) is 4.64. The summed E-state index contributed by atoms with van der Waals surface area (Å²) in [6, 6.07) is 9.47. The highest BCUT2D eigenvalue weighted by atomic mass is 16.5. The lowest BCUT2D eigenvalue weighted by Crippen LogP contribution is -2.41. The van der Waals surface area contributed by atoms with E-state index in [1.54, 1.807) is 6.26 Å². The molecule has 9 nitrogen and oxygen atoms in total. The van der Waals surface area contributed by atoms with E-state index in [1.807, 2.05) is 35.9 Å². The Morgan fingerprint density at radius 3 is 2.76 bits per heavy atom. The SMILES string of the molecule is CCC(C)(C)n1nnnc1[C@@H](c1cc2c(C)ccc(C)c2[nH]c1=O)N(Cc1ccco1)C[C@H]1CCCO1. The number of pyridine rings is 1. The molecule has 196 valence electrons. The molecule has 2 atom stereocenters. The van der Waals surface area contributed by atoms with Gasteiger partial charge in [-0.3, -0.25) is 9.69 Å². The third-order valence-corrected chi connectivity index (χ3v) is 7.71. The summed E-state index contributed by atoms with van der Waals surface area (Å²) < 4.78 is 13.7. The van der Waals surface area contributed by atoms with Crippen LogP contribution in [-0.2, 0) is 16.8 Å². The van der Waals surface area contributed by atoms with Gasteiger partial charge in [0, 0.05) is 24.1 Å². The topological polar surface area (TPSA) is 102 Å². The number of nitrogens with zero attached hydrogens (tertiary/aromatic N) is 5. The van der Waals surface area contributed by atoms with Crippen LogP contribution >= 0.6 is 0 Å². The van der Waals surface area contributed by atoms with Crippen LogP contribution in [0.25, 0.3) is 10.9 Å². The molecule has 37 heavy (non-hydrogen) atoms. The van der Waals surface area contributed by atoms with E-state index >= 15 is 0 Å². The van der Waals surface area contributed by atoms with Crippen LogP contribution < -0.4 is 5.56 Å². The first-order valence-corrected chi connectivity index (χ1v) is 13.1. The second kappa shape index (κ2) is 10.2. The van der Waals surface area contributed by atoms with Crippen LogP contribution in [0.2, 0.25) is 0 Å². The van der Waals surface area contributed by atoms with Crippen molar-refractivity contribution >= 4 is 10.9 Å². The van der Waals surface area contributed by atoms with Gasteiger partial charge in [-0.1, -0.05) is 19.1 Å². The largest absolute Gasteiger partial charge is 0.468 e. The monoisotopic (exact) mass is 504 g/mol. The number of hydrogen-bond acceptors (Lipinski definition) is 7. The number of tetrazole rings is 1. The third-order valence-electron chi connectivity index (χ3n) is 7.71. The molecule has 1 aliphatic rings. The Kier molecular flexibility index (Phi) is 7.00. The number of H-pyrrole nitrogens is 1. The van der Waals surface area contributed by atoms with E-state index in [4.69, 9.17) is 9.15 Å². The maximum Gasteiger partial charge on any atom is 0.253 e. The molecule has 5 rings (SSSR count). The number of hydrogen-bond donors (Lipinski definition) is 1. The van der Waals surface area contributed by atoms with E-state index in [9.17, 15) is 4.79 Å². The quantitative estimate of drug-likeness (QED) is 0.354. The first-order valence-electron chi connectivity index (χ1n) is 13.1. The van der Waals surface area contributed by atoms with E-state index in [1.165, 1.54) is 0 Å². The molecule has 9 heteroatoms. The second-order valence-corrected chi connectivity index (χ2v) is 10.7. The van der Waals surface area contributed by atoms with Gasteiger partial charge in [-0.15, -0.1) is 5.10 Å². The predicted molar refractivity (Wildman–Crippen MR) is 141 cm³/mol. The Bertz CT molecular complexity index is 1420. The molecule has 0 aliphatic carbocycles. The van der Waals surface area contributed by atoms with Crippen LogP contribution in [0.3, 0.4) is 0 Å². The van der Waals surface area contributed by atoms with Crippen molar-refractivity contribution in [3.63, 3.8) is 0 Å². The van der Waals surface area contributed by atoms with Gasteiger partial charge in [0.25, 0.3) is 5.56 Å². The lowest BCUT2D eigenvalue weighted by Gasteiger charge is -2.34. The van der Waals surface area contributed by atoms with Crippen LogP contribution in [0.5, 0.6) is 0 Å². The number of fused-ring (bicyclic) bond motifs is 1. The lowest BCUT2D eigenvalue weighted by molar-refractivity contribution is 0.0534. The van der Waals surface area contributed by atoms with Crippen molar-refractivity contribution in [2.24, 2.45) is 0 Å². The minimum atomic E-state index is -0.511. The maximum atomic E-state index is 13.8. The highest BCUT2D eigenvalue weighted by Crippen LogP contribution is 2.33. The summed E-state index contributed by atoms with van der Waals surface area (Å²) in [6.45, 7) is 12.3. The molecule has 0 radical (unpaired) electrons. The zero-order valence-electron chi connectivity index (χ0n) is 22.3. The molecule has 0 amide bonds. The van der Waals surface area contributed by atoms with Crippen molar-refractivity contribution in [1.29, 1.82) is 0 Å². The molecule has 0 unspecified atom stereocenters. The molecule has 3 aromatic heterocycles. The number of furan rings is 1. The fourth-order valence-corrected chi connectivity index (χ4v) is 5.15. The van der Waals surface area contributed by atoms with E-state index < -0.39 is 6.04 Å². The van der Waals surface area contributed by atoms with E-state index in [2.05, 4.69) is 59.2 Å². The van der Waals surface area contributed by atoms with Gasteiger partial charge < -0.3 is 14.1 Å². The summed E-state index contributed by atoms with van der Waals surface area (Å²) in [5.41, 5.74) is 3.11. The lowest BCUT2D eigenvalue weighted by atomic mass is 9.97. The highest BCUT2D eigenvalue weighted by Gasteiger charge is 2.36. The molecule has 4 aromatic rings. The van der Waals surface area contributed by atoms with Crippen LogP contribution in [0.4, 0.5) is 0 Å². The summed E-state index contributed by atoms with van der Waals surface area (Å²) in [4.78, 5) is 19.2. The van der Waals surface area contributed by atoms with Crippen molar-refractivity contribution in [2.45, 2.75) is 78.1 Å². The number of aryl methyl sites for hydroxylation is 2. The molecule has 0 bridgehead atoms. The van der Waals surface area contributed by atoms with Gasteiger partial charge in [0.15, 0.2) is 5.82 Å². The molecule has 4 heterocycles. The van der Waals surface area contributed by atoms with Crippen molar-refractivity contribution in [1.82, 2.24) is 30.1 Å². The molecule has 1 saturated heterocycles. The molecule has 0 saturated carbocycles. The fraction of sp³-hybridized carbons (Fsp3) is 0.500. The van der Waals surface area contributed by atoms with Crippen molar-refractivity contribution in [2.75, 3.05) is 13.2 Å². The second-order valence-electron chi connectivity index (χ2n) is 10.7. The molecule has 1 fully saturated rings. The minimum absolute atomic E-state index is 0.0597. The highest BCUT2D eigenvalue weighted by molar-refractivity contribution is 5.85. The number of nitrogens with one attached hydrogen (secondary N) is 1. The fourth-order valence-electron chi connectivity index (χ4n) is 5.15. The Balaban J connectivity index is 1.73. The average molecular weight is 505 g/mol. The summed E-state index contributed by atoms with van der Waals surface area (Å²) in [5.74, 6) is 1.44. The van der Waals surface area contributed by atoms with Gasteiger partial charge in [-0.25, -0.2) is 4.68 Å². The zero-order chi connectivity index (χ0) is 26.2. The number of rotatable bonds is 9. The first kappa shape index (κ1) is 25.4. The first-order chi connectivity index (χ1) is 17.8. The number of aromatic amines is 1. The van der Waals surface area contributed by atoms with Crippen LogP contribution in [0.1, 0.15) is 74.4 Å². The number of ether oxygens (including phenoxy) is 1. The number of benzene rings is 1. The van der Waals surface area contributed by atoms with Crippen LogP contribution in [0, 0.1) is 13.8 Å². The van der Waals surface area contributed by atoms with E-state index in [0.29, 0.717) is 24.5 Å². The maximum absolute atomic E-state index is 13.8. The minimum Gasteiger partial charge on any atom is -0.468 e. The van der Waals surface area contributed by atoms with Gasteiger partial charge in [0.05, 0.1) is 30.0 Å². The molecule has 1 N–H and O–H groups in total. The van der Waals surface area contributed by atoms with E-state index in [0.717, 1.165) is 53.7 Å². The van der Waals surface area contributed by atoms with Crippen LogP contribution in [0.15, 0.2) is 45.8 Å². The Morgan fingerprint density at radius 2 is 2.05 bits per heavy atom. The molecule has 1 aromatic carbocycles. The molecule has 1 aliphatic heterocycles. The summed E-state index contributed by atoms with van der Waals surface area (Å²) >= 11 is 0. The van der Waals surface area contributed by atoms with E-state index in [-0.39, 0.29) is 17.2 Å². The Labute approximate surface area is 216 Å². The Morgan fingerprint density at radius 1 is 1.24 bits per heavy atom. The normalized spacial score (nSPS) is 17.2. The summed E-state index contributed by atoms with van der Waals surface area (Å²) in [6.07, 6.45) is 4.56. The van der Waals surface area contributed by atoms with Gasteiger partial charge >= 0.3 is 0 Å². The van der Waals surface area contributed by atoms with Gasteiger partial charge in [-0.2, -0.15) is 0 Å². The Hall–Kier alpha value is -3.30. The van der Waals surface area contributed by atoms with Gasteiger partial charge in [0.1, 0.15) is 11.8 Å². The van der Waals surface area contributed by atoms with Crippen molar-refractivity contribution < 1.29 is 9.15 Å². The average Bonchev–Trinajstić information content (AvgIpc) is 3.66. The van der Waals surface area contributed by atoms with Gasteiger partial charge in [-0.05, 0) is 86.7 Å².